The number of carbonyl (C=O) groups is 1. The molecule has 2 atom stereocenters. The minimum atomic E-state index is -4.55. The smallest absolute Gasteiger partial charge is 0.393 e. The van der Waals surface area contributed by atoms with Crippen LogP contribution < -0.4 is 0 Å². The van der Waals surface area contributed by atoms with Crippen LogP contribution in [0.1, 0.15) is 22.8 Å². The molecule has 1 fully saturated rings. The van der Waals surface area contributed by atoms with Crippen molar-refractivity contribution in [2.24, 2.45) is 11.8 Å². The van der Waals surface area contributed by atoms with Gasteiger partial charge in [0.15, 0.2) is 5.82 Å². The Morgan fingerprint density at radius 1 is 1.33 bits per heavy atom. The van der Waals surface area contributed by atoms with E-state index in [9.17, 15) is 18.0 Å². The number of rotatable bonds is 5. The third-order valence-electron chi connectivity index (χ3n) is 4.61. The van der Waals surface area contributed by atoms with Crippen LogP contribution in [0, 0.1) is 18.8 Å². The topological polar surface area (TPSA) is 79.5 Å². The number of aliphatic carboxylic acids is 1. The van der Waals surface area contributed by atoms with Crippen LogP contribution >= 0.6 is 12.4 Å². The minimum Gasteiger partial charge on any atom is -0.481 e. The lowest BCUT2D eigenvalue weighted by molar-refractivity contribution is -0.188. The van der Waals surface area contributed by atoms with E-state index in [1.807, 2.05) is 31.2 Å². The summed E-state index contributed by atoms with van der Waals surface area (Å²) in [4.78, 5) is 16.7. The van der Waals surface area contributed by atoms with E-state index in [2.05, 4.69) is 10.1 Å². The first kappa shape index (κ1) is 21.2. The lowest BCUT2D eigenvalue weighted by atomic mass is 9.96. The lowest BCUT2D eigenvalue weighted by Crippen LogP contribution is -2.33. The van der Waals surface area contributed by atoms with E-state index < -0.39 is 30.5 Å². The van der Waals surface area contributed by atoms with Crippen molar-refractivity contribution in [3.63, 3.8) is 0 Å². The van der Waals surface area contributed by atoms with E-state index >= 15 is 0 Å². The zero-order chi connectivity index (χ0) is 18.9. The highest BCUT2D eigenvalue weighted by atomic mass is 35.5. The Morgan fingerprint density at radius 3 is 2.63 bits per heavy atom. The number of hydrogen-bond donors (Lipinski definition) is 1. The summed E-state index contributed by atoms with van der Waals surface area (Å²) in [5.74, 6) is -4.20. The molecule has 1 aliphatic rings. The van der Waals surface area contributed by atoms with Crippen LogP contribution in [0.25, 0.3) is 0 Å². The van der Waals surface area contributed by atoms with Crippen LogP contribution in [0.3, 0.4) is 0 Å². The first-order valence-electron chi connectivity index (χ1n) is 8.12. The van der Waals surface area contributed by atoms with Crippen LogP contribution in [0.5, 0.6) is 0 Å². The summed E-state index contributed by atoms with van der Waals surface area (Å²) in [6, 6.07) is 7.72. The number of benzene rings is 1. The van der Waals surface area contributed by atoms with E-state index in [-0.39, 0.29) is 31.4 Å². The number of aromatic nitrogens is 2. The Hall–Kier alpha value is -2.13. The first-order valence-corrected chi connectivity index (χ1v) is 8.12. The van der Waals surface area contributed by atoms with Gasteiger partial charge in [-0.3, -0.25) is 9.69 Å². The fourth-order valence-electron chi connectivity index (χ4n) is 3.19. The van der Waals surface area contributed by atoms with E-state index in [1.54, 1.807) is 0 Å². The molecule has 1 aromatic heterocycles. The largest absolute Gasteiger partial charge is 0.481 e. The molecular weight excluding hydrogens is 387 g/mol. The number of hydrogen-bond acceptors (Lipinski definition) is 5. The number of carboxylic acid groups (broad SMARTS) is 1. The van der Waals surface area contributed by atoms with Gasteiger partial charge in [-0.15, -0.1) is 12.4 Å². The van der Waals surface area contributed by atoms with Crippen molar-refractivity contribution in [2.45, 2.75) is 26.1 Å². The normalized spacial score (nSPS) is 20.4. The van der Waals surface area contributed by atoms with Gasteiger partial charge < -0.3 is 9.63 Å². The summed E-state index contributed by atoms with van der Waals surface area (Å²) >= 11 is 0. The fourth-order valence-corrected chi connectivity index (χ4v) is 3.19. The summed E-state index contributed by atoms with van der Waals surface area (Å²) in [6.45, 7) is 1.37. The van der Waals surface area contributed by atoms with Gasteiger partial charge in [0.1, 0.15) is 0 Å². The second kappa shape index (κ2) is 8.26. The molecule has 10 heteroatoms. The van der Waals surface area contributed by atoms with Crippen LogP contribution in [-0.2, 0) is 17.8 Å². The third kappa shape index (κ3) is 4.98. The quantitative estimate of drug-likeness (QED) is 0.823. The molecule has 1 saturated heterocycles. The molecule has 0 amide bonds. The number of aryl methyl sites for hydroxylation is 1. The molecule has 3 rings (SSSR count). The Bertz CT molecular complexity index is 797. The number of nitrogens with zero attached hydrogens (tertiary/aromatic N) is 3. The molecule has 1 N–H and O–H groups in total. The maximum atomic E-state index is 13.0. The summed E-state index contributed by atoms with van der Waals surface area (Å²) in [7, 11) is 0. The second-order valence-corrected chi connectivity index (χ2v) is 6.49. The van der Waals surface area contributed by atoms with Gasteiger partial charge in [-0.05, 0) is 18.1 Å². The Labute approximate surface area is 159 Å². The van der Waals surface area contributed by atoms with Crippen molar-refractivity contribution < 1.29 is 27.6 Å². The van der Waals surface area contributed by atoms with E-state index in [1.165, 1.54) is 4.90 Å². The number of alkyl halides is 3. The molecule has 0 unspecified atom stereocenters. The monoisotopic (exact) mass is 405 g/mol. The van der Waals surface area contributed by atoms with Gasteiger partial charge in [0.05, 0.1) is 18.4 Å². The van der Waals surface area contributed by atoms with Crippen molar-refractivity contribution in [3.8, 4) is 0 Å². The molecule has 0 bridgehead atoms. The standard InChI is InChI=1S/C17H18F3N3O3.ClH/c1-10-4-2-3-5-11(10)6-14-21-15(26-22-14)9-23-7-12(16(24)25)13(8-23)17(18,19)20;/h2-5,12-13H,6-9H2,1H3,(H,24,25);1H/t12-,13-;/m1./s1. The van der Waals surface area contributed by atoms with Crippen molar-refractivity contribution >= 4 is 18.4 Å². The van der Waals surface area contributed by atoms with Crippen molar-refractivity contribution in [1.29, 1.82) is 0 Å². The second-order valence-electron chi connectivity index (χ2n) is 6.49. The van der Waals surface area contributed by atoms with Gasteiger partial charge in [-0.2, -0.15) is 18.2 Å². The van der Waals surface area contributed by atoms with Crippen molar-refractivity contribution in [1.82, 2.24) is 15.0 Å². The molecule has 27 heavy (non-hydrogen) atoms. The lowest BCUT2D eigenvalue weighted by Gasteiger charge is -2.17. The van der Waals surface area contributed by atoms with Gasteiger partial charge >= 0.3 is 12.1 Å². The molecule has 1 aliphatic heterocycles. The van der Waals surface area contributed by atoms with Gasteiger partial charge in [0, 0.05) is 19.5 Å². The maximum absolute atomic E-state index is 13.0. The van der Waals surface area contributed by atoms with Crippen molar-refractivity contribution in [3.05, 3.63) is 47.1 Å². The molecule has 0 spiro atoms. The summed E-state index contributed by atoms with van der Waals surface area (Å²) in [5.41, 5.74) is 2.11. The highest BCUT2D eigenvalue weighted by Crippen LogP contribution is 2.38. The molecule has 0 aliphatic carbocycles. The molecular formula is C17H19ClF3N3O3. The van der Waals surface area contributed by atoms with Gasteiger partial charge in [0.2, 0.25) is 5.89 Å². The zero-order valence-corrected chi connectivity index (χ0v) is 15.3. The number of carboxylic acids is 1. The average molecular weight is 406 g/mol. The zero-order valence-electron chi connectivity index (χ0n) is 14.4. The van der Waals surface area contributed by atoms with Crippen LogP contribution in [0.15, 0.2) is 28.8 Å². The molecule has 2 heterocycles. The predicted molar refractivity (Wildman–Crippen MR) is 91.5 cm³/mol. The van der Waals surface area contributed by atoms with Crippen LogP contribution in [0.2, 0.25) is 0 Å². The fraction of sp³-hybridized carbons (Fsp3) is 0.471. The highest BCUT2D eigenvalue weighted by Gasteiger charge is 2.52. The minimum absolute atomic E-state index is 0. The summed E-state index contributed by atoms with van der Waals surface area (Å²) < 4.78 is 44.2. The molecule has 148 valence electrons. The van der Waals surface area contributed by atoms with Crippen LogP contribution in [-0.4, -0.2) is 45.4 Å². The van der Waals surface area contributed by atoms with Gasteiger partial charge in [0.25, 0.3) is 0 Å². The van der Waals surface area contributed by atoms with Gasteiger partial charge in [-0.1, -0.05) is 29.4 Å². The molecule has 0 saturated carbocycles. The van der Waals surface area contributed by atoms with Crippen LogP contribution in [0.4, 0.5) is 13.2 Å². The highest BCUT2D eigenvalue weighted by molar-refractivity contribution is 5.85. The van der Waals surface area contributed by atoms with E-state index in [0.717, 1.165) is 11.1 Å². The molecule has 2 aromatic rings. The maximum Gasteiger partial charge on any atom is 0.393 e. The van der Waals surface area contributed by atoms with Gasteiger partial charge in [-0.25, -0.2) is 0 Å². The summed E-state index contributed by atoms with van der Waals surface area (Å²) in [6.07, 6.45) is -4.10. The van der Waals surface area contributed by atoms with E-state index in [0.29, 0.717) is 12.2 Å². The Kier molecular flexibility index (Phi) is 6.48. The Morgan fingerprint density at radius 2 is 2.04 bits per heavy atom. The number of halogens is 4. The average Bonchev–Trinajstić information content (AvgIpc) is 3.17. The SMILES string of the molecule is Cc1ccccc1Cc1noc(CN2C[C@@H](C(F)(F)F)[C@H](C(=O)O)C2)n1.Cl. The number of likely N-dealkylation sites (tertiary alicyclic amines) is 1. The predicted octanol–water partition coefficient (Wildman–Crippen LogP) is 3.09. The van der Waals surface area contributed by atoms with E-state index in [4.69, 9.17) is 9.63 Å². The molecule has 0 radical (unpaired) electrons. The Balaban J connectivity index is 0.00000261. The molecule has 1 aromatic carbocycles. The first-order chi connectivity index (χ1) is 12.2. The summed E-state index contributed by atoms with van der Waals surface area (Å²) in [5, 5.41) is 12.9. The molecule has 6 nitrogen and oxygen atoms in total. The van der Waals surface area contributed by atoms with Crippen molar-refractivity contribution in [2.75, 3.05) is 13.1 Å². The third-order valence-corrected chi connectivity index (χ3v) is 4.61.